The fraction of sp³-hybridized carbons (Fsp3) is 0.625. The monoisotopic (exact) mass is 317 g/mol. The van der Waals surface area contributed by atoms with E-state index in [1.54, 1.807) is 0 Å². The first kappa shape index (κ1) is 15.7. The van der Waals surface area contributed by atoms with Gasteiger partial charge in [0, 0.05) is 32.1 Å². The summed E-state index contributed by atoms with van der Waals surface area (Å²) in [7, 11) is 0. The van der Waals surface area contributed by atoms with Crippen molar-refractivity contribution in [1.29, 1.82) is 0 Å². The Morgan fingerprint density at radius 3 is 2.65 bits per heavy atom. The molecule has 7 heteroatoms. The third-order valence-corrected chi connectivity index (χ3v) is 4.64. The first-order chi connectivity index (χ1) is 11.2. The van der Waals surface area contributed by atoms with Gasteiger partial charge in [-0.2, -0.15) is 4.98 Å². The Kier molecular flexibility index (Phi) is 4.45. The minimum atomic E-state index is 0.118. The van der Waals surface area contributed by atoms with Gasteiger partial charge in [0.15, 0.2) is 0 Å². The van der Waals surface area contributed by atoms with E-state index in [1.165, 1.54) is 6.33 Å². The molecule has 0 radical (unpaired) electrons. The molecule has 2 aromatic heterocycles. The number of piperidine rings is 1. The number of carbonyl (C=O) groups excluding carboxylic acids is 1. The Labute approximate surface area is 135 Å². The summed E-state index contributed by atoms with van der Waals surface area (Å²) in [6, 6.07) is 0. The lowest BCUT2D eigenvalue weighted by molar-refractivity contribution is -0.135. The van der Waals surface area contributed by atoms with Crippen LogP contribution in [0, 0.1) is 12.8 Å². The van der Waals surface area contributed by atoms with Gasteiger partial charge in [-0.3, -0.25) is 4.79 Å². The van der Waals surface area contributed by atoms with Crippen molar-refractivity contribution in [2.75, 3.05) is 31.1 Å². The molecule has 23 heavy (non-hydrogen) atoms. The Morgan fingerprint density at radius 2 is 2.00 bits per heavy atom. The Bertz CT molecular complexity index is 687. The number of hydrogen-bond acceptors (Lipinski definition) is 6. The summed E-state index contributed by atoms with van der Waals surface area (Å²) < 4.78 is 5.21. The molecular weight excluding hydrogens is 294 g/mol. The minimum absolute atomic E-state index is 0.118. The number of rotatable bonds is 4. The largest absolute Gasteiger partial charge is 0.356 e. The topological polar surface area (TPSA) is 75.4 Å². The van der Waals surface area contributed by atoms with Crippen LogP contribution in [0.4, 0.5) is 5.82 Å². The highest BCUT2D eigenvalue weighted by molar-refractivity contribution is 5.88. The van der Waals surface area contributed by atoms with E-state index < -0.39 is 0 Å². The zero-order chi connectivity index (χ0) is 16.4. The van der Waals surface area contributed by atoms with E-state index in [0.717, 1.165) is 55.9 Å². The van der Waals surface area contributed by atoms with Gasteiger partial charge in [0.1, 0.15) is 17.5 Å². The maximum absolute atomic E-state index is 12.5. The number of nitrogens with zero attached hydrogens (tertiary/aromatic N) is 5. The first-order valence-electron chi connectivity index (χ1n) is 8.26. The number of amides is 1. The van der Waals surface area contributed by atoms with Gasteiger partial charge in [0.2, 0.25) is 5.91 Å². The van der Waals surface area contributed by atoms with E-state index in [9.17, 15) is 4.79 Å². The number of carbonyl (C=O) groups is 1. The van der Waals surface area contributed by atoms with Crippen LogP contribution in [0.15, 0.2) is 10.9 Å². The van der Waals surface area contributed by atoms with Crippen LogP contribution in [0.25, 0.3) is 11.1 Å². The maximum Gasteiger partial charge on any atom is 0.263 e. The first-order valence-corrected chi connectivity index (χ1v) is 8.26. The fourth-order valence-electron chi connectivity index (χ4n) is 3.28. The Hall–Kier alpha value is -2.18. The summed E-state index contributed by atoms with van der Waals surface area (Å²) in [5.74, 6) is 1.26. The number of anilines is 1. The highest BCUT2D eigenvalue weighted by atomic mass is 16.5. The molecule has 0 atom stereocenters. The lowest BCUT2D eigenvalue weighted by Gasteiger charge is -2.34. The molecule has 1 amide bonds. The Balaban J connectivity index is 1.74. The minimum Gasteiger partial charge on any atom is -0.356 e. The predicted molar refractivity (Wildman–Crippen MR) is 87.2 cm³/mol. The van der Waals surface area contributed by atoms with Crippen LogP contribution in [0.5, 0.6) is 0 Å². The van der Waals surface area contributed by atoms with Crippen LogP contribution in [0.3, 0.4) is 0 Å². The van der Waals surface area contributed by atoms with Crippen LogP contribution >= 0.6 is 0 Å². The summed E-state index contributed by atoms with van der Waals surface area (Å²) in [5, 5.41) is 4.85. The van der Waals surface area contributed by atoms with Gasteiger partial charge < -0.3 is 14.3 Å². The molecule has 1 fully saturated rings. The molecule has 7 nitrogen and oxygen atoms in total. The average Bonchev–Trinajstić information content (AvgIpc) is 2.97. The quantitative estimate of drug-likeness (QED) is 0.858. The second-order valence-electron chi connectivity index (χ2n) is 5.92. The lowest BCUT2D eigenvalue weighted by atomic mass is 9.95. The summed E-state index contributed by atoms with van der Waals surface area (Å²) in [5.41, 5.74) is 1.32. The molecule has 1 aliphatic heterocycles. The van der Waals surface area contributed by atoms with Gasteiger partial charge in [-0.15, -0.1) is 0 Å². The van der Waals surface area contributed by atoms with Crippen molar-refractivity contribution >= 4 is 22.8 Å². The summed E-state index contributed by atoms with van der Waals surface area (Å²) in [6.07, 6.45) is 3.21. The summed E-state index contributed by atoms with van der Waals surface area (Å²) >= 11 is 0. The van der Waals surface area contributed by atoms with Crippen molar-refractivity contribution < 1.29 is 9.32 Å². The van der Waals surface area contributed by atoms with E-state index in [1.807, 2.05) is 25.7 Å². The van der Waals surface area contributed by atoms with E-state index >= 15 is 0 Å². The van der Waals surface area contributed by atoms with Gasteiger partial charge >= 0.3 is 0 Å². The standard InChI is InChI=1S/C16H23N5O2/c1-4-20(5-2)16(22)12-6-8-21(9-7-12)14-13-11(3)19-23-15(13)18-10-17-14/h10,12H,4-9H2,1-3H3. The molecule has 0 unspecified atom stereocenters. The number of fused-ring (bicyclic) bond motifs is 1. The van der Waals surface area contributed by atoms with Crippen molar-refractivity contribution in [3.63, 3.8) is 0 Å². The molecule has 0 spiro atoms. The van der Waals surface area contributed by atoms with Crippen molar-refractivity contribution in [3.05, 3.63) is 12.0 Å². The summed E-state index contributed by atoms with van der Waals surface area (Å²) in [6.45, 7) is 9.15. The predicted octanol–water partition coefficient (Wildman–Crippen LogP) is 2.01. The van der Waals surface area contributed by atoms with E-state index in [4.69, 9.17) is 4.52 Å². The SMILES string of the molecule is CCN(CC)C(=O)C1CCN(c2ncnc3onc(C)c23)CC1. The van der Waals surface area contributed by atoms with Crippen molar-refractivity contribution in [2.24, 2.45) is 5.92 Å². The molecule has 0 bridgehead atoms. The van der Waals surface area contributed by atoms with Crippen LogP contribution in [0.2, 0.25) is 0 Å². The molecule has 3 heterocycles. The molecule has 1 aliphatic rings. The number of hydrogen-bond donors (Lipinski definition) is 0. The van der Waals surface area contributed by atoms with Crippen LogP contribution < -0.4 is 4.90 Å². The maximum atomic E-state index is 12.5. The van der Waals surface area contributed by atoms with Crippen molar-refractivity contribution in [1.82, 2.24) is 20.0 Å². The molecule has 2 aromatic rings. The zero-order valence-electron chi connectivity index (χ0n) is 13.9. The Morgan fingerprint density at radius 1 is 1.30 bits per heavy atom. The van der Waals surface area contributed by atoms with Gasteiger partial charge in [0.25, 0.3) is 5.71 Å². The van der Waals surface area contributed by atoms with Crippen LogP contribution in [-0.4, -0.2) is 52.1 Å². The molecular formula is C16H23N5O2. The lowest BCUT2D eigenvalue weighted by Crippen LogP contribution is -2.42. The molecule has 0 N–H and O–H groups in total. The second kappa shape index (κ2) is 6.52. The van der Waals surface area contributed by atoms with Gasteiger partial charge in [-0.1, -0.05) is 5.16 Å². The third-order valence-electron chi connectivity index (χ3n) is 4.64. The zero-order valence-corrected chi connectivity index (χ0v) is 13.9. The molecule has 0 aliphatic carbocycles. The average molecular weight is 317 g/mol. The van der Waals surface area contributed by atoms with E-state index in [2.05, 4.69) is 20.0 Å². The van der Waals surface area contributed by atoms with Crippen molar-refractivity contribution in [2.45, 2.75) is 33.6 Å². The van der Waals surface area contributed by atoms with Crippen LogP contribution in [-0.2, 0) is 4.79 Å². The van der Waals surface area contributed by atoms with Gasteiger partial charge in [0.05, 0.1) is 5.69 Å². The van der Waals surface area contributed by atoms with E-state index in [0.29, 0.717) is 5.71 Å². The molecule has 124 valence electrons. The molecule has 1 saturated heterocycles. The molecule has 3 rings (SSSR count). The summed E-state index contributed by atoms with van der Waals surface area (Å²) in [4.78, 5) is 25.2. The highest BCUT2D eigenvalue weighted by Gasteiger charge is 2.29. The molecule has 0 aromatic carbocycles. The van der Waals surface area contributed by atoms with Crippen LogP contribution in [0.1, 0.15) is 32.4 Å². The number of aromatic nitrogens is 3. The highest BCUT2D eigenvalue weighted by Crippen LogP contribution is 2.29. The van der Waals surface area contributed by atoms with E-state index in [-0.39, 0.29) is 11.8 Å². The van der Waals surface area contributed by atoms with Gasteiger partial charge in [-0.05, 0) is 33.6 Å². The third kappa shape index (κ3) is 2.87. The number of aryl methyl sites for hydroxylation is 1. The fourth-order valence-corrected chi connectivity index (χ4v) is 3.28. The van der Waals surface area contributed by atoms with Crippen molar-refractivity contribution in [3.8, 4) is 0 Å². The smallest absolute Gasteiger partial charge is 0.263 e. The second-order valence-corrected chi connectivity index (χ2v) is 5.92. The molecule has 0 saturated carbocycles. The normalized spacial score (nSPS) is 16.0. The van der Waals surface area contributed by atoms with Gasteiger partial charge in [-0.25, -0.2) is 4.98 Å².